The number of ether oxygens (including phenoxy) is 2. The third-order valence-corrected chi connectivity index (χ3v) is 8.08. The number of rotatable bonds is 15. The monoisotopic (exact) mass is 668 g/mol. The molecule has 1 atom stereocenters. The van der Waals surface area contributed by atoms with E-state index in [0.29, 0.717) is 43.1 Å². The van der Waals surface area contributed by atoms with Crippen molar-refractivity contribution in [1.29, 1.82) is 5.26 Å². The van der Waals surface area contributed by atoms with E-state index in [1.54, 1.807) is 50.6 Å². The van der Waals surface area contributed by atoms with E-state index in [9.17, 15) is 29.2 Å². The van der Waals surface area contributed by atoms with Crippen LogP contribution in [0.25, 0.3) is 6.08 Å². The third-order valence-electron chi connectivity index (χ3n) is 8.08. The van der Waals surface area contributed by atoms with Crippen molar-refractivity contribution in [2.75, 3.05) is 51.6 Å². The standard InChI is InChI=1S/C36H40N6O7/c1-41(2)24-20-29(48-3)25(30(21-24)49-4)13-8-5-7-12-23(22-37)33(44)39-19-10-6-9-18-38-27-15-11-14-26-32(27)36(47)42(35(26)46)28-16-17-31(43)40-34(28)45/h5,7-8,11-15,20-21,28,38H,6,9-10,16-19H2,1-4H3,(H,39,44)(H,40,43,45)/b7-5+,13-8+,23-12+. The van der Waals surface area contributed by atoms with Crippen molar-refractivity contribution in [3.8, 4) is 17.6 Å². The van der Waals surface area contributed by atoms with Crippen LogP contribution >= 0.6 is 0 Å². The number of anilines is 2. The summed E-state index contributed by atoms with van der Waals surface area (Å²) in [7, 11) is 7.03. The van der Waals surface area contributed by atoms with Crippen LogP contribution < -0.4 is 30.3 Å². The molecule has 0 saturated carbocycles. The van der Waals surface area contributed by atoms with Gasteiger partial charge in [0.25, 0.3) is 17.7 Å². The first-order chi connectivity index (χ1) is 23.6. The average molecular weight is 669 g/mol. The van der Waals surface area contributed by atoms with Crippen molar-refractivity contribution >= 4 is 47.0 Å². The highest BCUT2D eigenvalue weighted by Crippen LogP contribution is 2.35. The minimum absolute atomic E-state index is 0.0275. The second-order valence-electron chi connectivity index (χ2n) is 11.5. The fourth-order valence-electron chi connectivity index (χ4n) is 5.49. The molecular weight excluding hydrogens is 628 g/mol. The Morgan fingerprint density at radius 2 is 1.73 bits per heavy atom. The van der Waals surface area contributed by atoms with E-state index >= 15 is 0 Å². The van der Waals surface area contributed by atoms with E-state index in [0.717, 1.165) is 22.6 Å². The van der Waals surface area contributed by atoms with Crippen molar-refractivity contribution in [2.24, 2.45) is 0 Å². The zero-order chi connectivity index (χ0) is 35.5. The van der Waals surface area contributed by atoms with Crippen LogP contribution in [0.3, 0.4) is 0 Å². The lowest BCUT2D eigenvalue weighted by molar-refractivity contribution is -0.136. The number of methoxy groups -OCH3 is 2. The number of carbonyl (C=O) groups is 5. The molecule has 0 aliphatic carbocycles. The van der Waals surface area contributed by atoms with E-state index < -0.39 is 35.6 Å². The summed E-state index contributed by atoms with van der Waals surface area (Å²) in [5.74, 6) is -1.39. The van der Waals surface area contributed by atoms with E-state index in [2.05, 4.69) is 16.0 Å². The molecule has 4 rings (SSSR count). The van der Waals surface area contributed by atoms with Gasteiger partial charge in [-0.3, -0.25) is 34.2 Å². The second-order valence-corrected chi connectivity index (χ2v) is 11.5. The highest BCUT2D eigenvalue weighted by Gasteiger charge is 2.45. The van der Waals surface area contributed by atoms with Crippen molar-refractivity contribution in [3.05, 3.63) is 76.9 Å². The van der Waals surface area contributed by atoms with E-state index in [1.807, 2.05) is 43.3 Å². The maximum absolute atomic E-state index is 13.2. The molecule has 2 heterocycles. The molecule has 2 aromatic carbocycles. The Bertz CT molecular complexity index is 1730. The van der Waals surface area contributed by atoms with Gasteiger partial charge in [0.15, 0.2) is 0 Å². The van der Waals surface area contributed by atoms with Crippen LogP contribution in [0.5, 0.6) is 11.5 Å². The topological polar surface area (TPSA) is 170 Å². The molecule has 1 fully saturated rings. The molecule has 0 aromatic heterocycles. The van der Waals surface area contributed by atoms with Gasteiger partial charge in [0.2, 0.25) is 11.8 Å². The highest BCUT2D eigenvalue weighted by molar-refractivity contribution is 6.25. The maximum Gasteiger partial charge on any atom is 0.264 e. The molecule has 13 heteroatoms. The fraction of sp³-hybridized carbons (Fsp3) is 0.333. The number of fused-ring (bicyclic) bond motifs is 1. The average Bonchev–Trinajstić information content (AvgIpc) is 3.34. The number of hydrogen-bond donors (Lipinski definition) is 3. The Labute approximate surface area is 285 Å². The number of carbonyl (C=O) groups excluding carboxylic acids is 5. The molecule has 0 radical (unpaired) electrons. The fourth-order valence-corrected chi connectivity index (χ4v) is 5.49. The van der Waals surface area contributed by atoms with E-state index in [4.69, 9.17) is 9.47 Å². The smallest absolute Gasteiger partial charge is 0.264 e. The largest absolute Gasteiger partial charge is 0.496 e. The molecule has 49 heavy (non-hydrogen) atoms. The first-order valence-electron chi connectivity index (χ1n) is 15.9. The predicted molar refractivity (Wildman–Crippen MR) is 184 cm³/mol. The summed E-state index contributed by atoms with van der Waals surface area (Å²) < 4.78 is 11.1. The number of nitrogens with one attached hydrogen (secondary N) is 3. The molecule has 0 spiro atoms. The van der Waals surface area contributed by atoms with Gasteiger partial charge in [0.1, 0.15) is 29.2 Å². The summed E-state index contributed by atoms with van der Waals surface area (Å²) in [5, 5.41) is 17.6. The van der Waals surface area contributed by atoms with Crippen LogP contribution in [0.1, 0.15) is 58.4 Å². The summed E-state index contributed by atoms with van der Waals surface area (Å²) in [6.07, 6.45) is 10.6. The van der Waals surface area contributed by atoms with Gasteiger partial charge in [0, 0.05) is 57.1 Å². The van der Waals surface area contributed by atoms with Crippen LogP contribution in [0.15, 0.2) is 60.2 Å². The highest BCUT2D eigenvalue weighted by atomic mass is 16.5. The van der Waals surface area contributed by atoms with Crippen LogP contribution in [0.4, 0.5) is 11.4 Å². The number of nitriles is 1. The molecule has 3 N–H and O–H groups in total. The summed E-state index contributed by atoms with van der Waals surface area (Å²) in [5.41, 5.74) is 2.57. The normalized spacial score (nSPS) is 16.1. The lowest BCUT2D eigenvalue weighted by Crippen LogP contribution is -2.54. The number of nitrogens with zero attached hydrogens (tertiary/aromatic N) is 3. The number of allylic oxidation sites excluding steroid dienone is 4. The zero-order valence-electron chi connectivity index (χ0n) is 28.0. The van der Waals surface area contributed by atoms with Gasteiger partial charge in [-0.05, 0) is 50.0 Å². The second kappa shape index (κ2) is 16.8. The molecular formula is C36H40N6O7. The summed E-state index contributed by atoms with van der Waals surface area (Å²) in [4.78, 5) is 65.5. The van der Waals surface area contributed by atoms with E-state index in [-0.39, 0.29) is 29.5 Å². The van der Waals surface area contributed by atoms with Gasteiger partial charge in [-0.25, -0.2) is 0 Å². The Kier molecular flexibility index (Phi) is 12.3. The molecule has 2 aliphatic rings. The minimum atomic E-state index is -1.02. The molecule has 2 aromatic rings. The summed E-state index contributed by atoms with van der Waals surface area (Å²) in [6.45, 7) is 0.877. The molecule has 13 nitrogen and oxygen atoms in total. The molecule has 0 bridgehead atoms. The number of amides is 5. The summed E-state index contributed by atoms with van der Waals surface area (Å²) >= 11 is 0. The quantitative estimate of drug-likeness (QED) is 0.0838. The molecule has 1 saturated heterocycles. The molecule has 2 aliphatic heterocycles. The number of hydrogen-bond acceptors (Lipinski definition) is 10. The van der Waals surface area contributed by atoms with Crippen LogP contribution in [0, 0.1) is 11.3 Å². The van der Waals surface area contributed by atoms with Crippen LogP contribution in [-0.4, -0.2) is 81.9 Å². The van der Waals surface area contributed by atoms with Crippen LogP contribution in [0.2, 0.25) is 0 Å². The minimum Gasteiger partial charge on any atom is -0.496 e. The number of piperidine rings is 1. The van der Waals surface area contributed by atoms with Crippen molar-refractivity contribution in [2.45, 2.75) is 38.1 Å². The number of unbranched alkanes of at least 4 members (excludes halogenated alkanes) is 2. The number of imide groups is 2. The van der Waals surface area contributed by atoms with Gasteiger partial charge >= 0.3 is 0 Å². The zero-order valence-corrected chi connectivity index (χ0v) is 28.0. The first kappa shape index (κ1) is 35.9. The Hall–Kier alpha value is -5.90. The van der Waals surface area contributed by atoms with Gasteiger partial charge < -0.3 is 25.0 Å². The first-order valence-corrected chi connectivity index (χ1v) is 15.9. The SMILES string of the molecule is COc1cc(N(C)C)cc(OC)c1/C=C/C=C/C=C(\C#N)C(=O)NCCCCCNc1cccc2c1C(=O)N(C1CCC(=O)NC1=O)C2=O. The summed E-state index contributed by atoms with van der Waals surface area (Å²) in [6, 6.07) is 9.62. The number of benzene rings is 2. The molecule has 256 valence electrons. The van der Waals surface area contributed by atoms with Gasteiger partial charge in [-0.2, -0.15) is 5.26 Å². The van der Waals surface area contributed by atoms with Crippen LogP contribution in [-0.2, 0) is 14.4 Å². The Morgan fingerprint density at radius 3 is 2.39 bits per heavy atom. The Morgan fingerprint density at radius 1 is 1.02 bits per heavy atom. The van der Waals surface area contributed by atoms with Gasteiger partial charge in [-0.15, -0.1) is 0 Å². The predicted octanol–water partition coefficient (Wildman–Crippen LogP) is 3.59. The molecule has 5 amide bonds. The van der Waals surface area contributed by atoms with Gasteiger partial charge in [-0.1, -0.05) is 24.3 Å². The van der Waals surface area contributed by atoms with Crippen molar-refractivity contribution in [1.82, 2.24) is 15.5 Å². The van der Waals surface area contributed by atoms with Crippen molar-refractivity contribution < 1.29 is 33.4 Å². The van der Waals surface area contributed by atoms with Gasteiger partial charge in [0.05, 0.1) is 30.9 Å². The molecule has 1 unspecified atom stereocenters. The third kappa shape index (κ3) is 8.53. The Balaban J connectivity index is 1.22. The lowest BCUT2D eigenvalue weighted by atomic mass is 10.0. The van der Waals surface area contributed by atoms with Crippen molar-refractivity contribution in [3.63, 3.8) is 0 Å². The lowest BCUT2D eigenvalue weighted by Gasteiger charge is -2.27. The van der Waals surface area contributed by atoms with E-state index in [1.165, 1.54) is 6.08 Å². The maximum atomic E-state index is 13.2.